The summed E-state index contributed by atoms with van der Waals surface area (Å²) >= 11 is 6.35. The first kappa shape index (κ1) is 13.3. The number of rotatable bonds is 2. The van der Waals surface area contributed by atoms with Crippen LogP contribution in [-0.2, 0) is 6.61 Å². The quantitative estimate of drug-likeness (QED) is 0.535. The molecule has 0 saturated heterocycles. The molecule has 0 bridgehead atoms. The molecule has 2 aromatic heterocycles. The van der Waals surface area contributed by atoms with Crippen LogP contribution in [0.5, 0.6) is 0 Å². The number of aromatic amines is 1. The molecule has 0 fully saturated rings. The molecule has 3 nitrogen and oxygen atoms in total. The van der Waals surface area contributed by atoms with Crippen molar-refractivity contribution in [3.8, 4) is 11.3 Å². The SMILES string of the molecule is OCc1ccc2[nH]c(-c3cc4ccccc4nc3Cl)cc2c1. The number of benzene rings is 2. The van der Waals surface area contributed by atoms with Gasteiger partial charge in [-0.05, 0) is 35.9 Å². The minimum atomic E-state index is 0.0364. The number of aliphatic hydroxyl groups is 1. The number of aromatic nitrogens is 2. The highest BCUT2D eigenvalue weighted by Gasteiger charge is 2.10. The number of pyridine rings is 1. The van der Waals surface area contributed by atoms with E-state index in [0.717, 1.165) is 38.6 Å². The van der Waals surface area contributed by atoms with Crippen LogP contribution in [0.2, 0.25) is 5.15 Å². The van der Waals surface area contributed by atoms with E-state index in [4.69, 9.17) is 11.6 Å². The lowest BCUT2D eigenvalue weighted by molar-refractivity contribution is 0.282. The lowest BCUT2D eigenvalue weighted by atomic mass is 10.1. The van der Waals surface area contributed by atoms with Gasteiger partial charge in [0.05, 0.1) is 12.1 Å². The Morgan fingerprint density at radius 3 is 2.73 bits per heavy atom. The normalized spacial score (nSPS) is 11.4. The Morgan fingerprint density at radius 1 is 1.00 bits per heavy atom. The molecule has 0 spiro atoms. The van der Waals surface area contributed by atoms with Gasteiger partial charge in [-0.3, -0.25) is 0 Å². The monoisotopic (exact) mass is 308 g/mol. The van der Waals surface area contributed by atoms with Crippen LogP contribution in [0.4, 0.5) is 0 Å². The van der Waals surface area contributed by atoms with Crippen LogP contribution in [0.25, 0.3) is 33.1 Å². The van der Waals surface area contributed by atoms with Crippen LogP contribution in [0.1, 0.15) is 5.56 Å². The third-order valence-electron chi connectivity index (χ3n) is 3.84. The van der Waals surface area contributed by atoms with Gasteiger partial charge in [0.15, 0.2) is 0 Å². The van der Waals surface area contributed by atoms with E-state index < -0.39 is 0 Å². The van der Waals surface area contributed by atoms with Crippen LogP contribution >= 0.6 is 11.6 Å². The second-order valence-corrected chi connectivity index (χ2v) is 5.64. The summed E-state index contributed by atoms with van der Waals surface area (Å²) in [5.74, 6) is 0. The standard InChI is InChI=1S/C18H13ClN2O/c19-18-14(8-12-3-1-2-4-15(12)21-18)17-9-13-7-11(10-22)5-6-16(13)20-17/h1-9,20,22H,10H2. The van der Waals surface area contributed by atoms with Crippen molar-refractivity contribution in [1.29, 1.82) is 0 Å². The molecule has 2 N–H and O–H groups in total. The summed E-state index contributed by atoms with van der Waals surface area (Å²) < 4.78 is 0. The van der Waals surface area contributed by atoms with E-state index in [1.165, 1.54) is 0 Å². The van der Waals surface area contributed by atoms with Crippen molar-refractivity contribution in [1.82, 2.24) is 9.97 Å². The van der Waals surface area contributed by atoms with Crippen molar-refractivity contribution in [3.05, 3.63) is 65.3 Å². The fraction of sp³-hybridized carbons (Fsp3) is 0.0556. The molecular formula is C18H13ClN2O. The molecular weight excluding hydrogens is 296 g/mol. The molecule has 0 radical (unpaired) electrons. The van der Waals surface area contributed by atoms with Crippen molar-refractivity contribution in [2.75, 3.05) is 0 Å². The predicted octanol–water partition coefficient (Wildman–Crippen LogP) is 4.53. The molecule has 0 aliphatic rings. The van der Waals surface area contributed by atoms with Gasteiger partial charge in [-0.2, -0.15) is 0 Å². The maximum Gasteiger partial charge on any atom is 0.139 e. The molecule has 108 valence electrons. The molecule has 0 atom stereocenters. The number of fused-ring (bicyclic) bond motifs is 2. The van der Waals surface area contributed by atoms with Gasteiger partial charge < -0.3 is 10.1 Å². The second-order valence-electron chi connectivity index (χ2n) is 5.28. The highest BCUT2D eigenvalue weighted by Crippen LogP contribution is 2.31. The Balaban J connectivity index is 1.92. The van der Waals surface area contributed by atoms with Gasteiger partial charge >= 0.3 is 0 Å². The van der Waals surface area contributed by atoms with Crippen molar-refractivity contribution in [3.63, 3.8) is 0 Å². The molecule has 2 aromatic carbocycles. The van der Waals surface area contributed by atoms with Crippen LogP contribution < -0.4 is 0 Å². The summed E-state index contributed by atoms with van der Waals surface area (Å²) in [4.78, 5) is 7.82. The third-order valence-corrected chi connectivity index (χ3v) is 4.12. The summed E-state index contributed by atoms with van der Waals surface area (Å²) in [5.41, 5.74) is 4.59. The number of nitrogens with one attached hydrogen (secondary N) is 1. The van der Waals surface area contributed by atoms with Gasteiger partial charge in [0.25, 0.3) is 0 Å². The fourth-order valence-electron chi connectivity index (χ4n) is 2.71. The predicted molar refractivity (Wildman–Crippen MR) is 90.0 cm³/mol. The number of aliphatic hydroxyl groups excluding tert-OH is 1. The molecule has 22 heavy (non-hydrogen) atoms. The zero-order valence-electron chi connectivity index (χ0n) is 11.7. The Bertz CT molecular complexity index is 991. The van der Waals surface area contributed by atoms with Gasteiger partial charge in [0, 0.05) is 27.5 Å². The smallest absolute Gasteiger partial charge is 0.139 e. The molecule has 0 saturated carbocycles. The summed E-state index contributed by atoms with van der Waals surface area (Å²) in [7, 11) is 0. The zero-order chi connectivity index (χ0) is 15.1. The van der Waals surface area contributed by atoms with E-state index >= 15 is 0 Å². The van der Waals surface area contributed by atoms with Crippen molar-refractivity contribution >= 4 is 33.4 Å². The van der Waals surface area contributed by atoms with Crippen molar-refractivity contribution in [2.24, 2.45) is 0 Å². The Morgan fingerprint density at radius 2 is 1.86 bits per heavy atom. The van der Waals surface area contributed by atoms with Crippen molar-refractivity contribution in [2.45, 2.75) is 6.61 Å². The lowest BCUT2D eigenvalue weighted by Crippen LogP contribution is -1.85. The number of hydrogen-bond donors (Lipinski definition) is 2. The average Bonchev–Trinajstić information content (AvgIpc) is 2.96. The first-order valence-electron chi connectivity index (χ1n) is 7.03. The Labute approximate surface area is 132 Å². The topological polar surface area (TPSA) is 48.9 Å². The largest absolute Gasteiger partial charge is 0.392 e. The van der Waals surface area contributed by atoms with E-state index in [9.17, 15) is 5.11 Å². The van der Waals surface area contributed by atoms with Crippen LogP contribution in [0.15, 0.2) is 54.6 Å². The molecule has 0 amide bonds. The summed E-state index contributed by atoms with van der Waals surface area (Å²) in [6.45, 7) is 0.0364. The van der Waals surface area contributed by atoms with E-state index in [1.807, 2.05) is 54.6 Å². The number of para-hydroxylation sites is 1. The molecule has 4 aromatic rings. The zero-order valence-corrected chi connectivity index (χ0v) is 12.4. The van der Waals surface area contributed by atoms with Crippen LogP contribution in [0, 0.1) is 0 Å². The lowest BCUT2D eigenvalue weighted by Gasteiger charge is -2.04. The van der Waals surface area contributed by atoms with Gasteiger partial charge in [0.2, 0.25) is 0 Å². The molecule has 4 heteroatoms. The minimum absolute atomic E-state index is 0.0364. The number of nitrogens with zero attached hydrogens (tertiary/aromatic N) is 1. The van der Waals surface area contributed by atoms with E-state index in [-0.39, 0.29) is 6.61 Å². The molecule has 4 rings (SSSR count). The minimum Gasteiger partial charge on any atom is -0.392 e. The molecule has 2 heterocycles. The van der Waals surface area contributed by atoms with Gasteiger partial charge in [-0.15, -0.1) is 0 Å². The first-order chi connectivity index (χ1) is 10.7. The summed E-state index contributed by atoms with van der Waals surface area (Å²) in [6.07, 6.45) is 0. The van der Waals surface area contributed by atoms with Crippen LogP contribution in [-0.4, -0.2) is 15.1 Å². The third kappa shape index (κ3) is 2.15. The molecule has 0 aliphatic heterocycles. The van der Waals surface area contributed by atoms with Gasteiger partial charge in [0.1, 0.15) is 5.15 Å². The summed E-state index contributed by atoms with van der Waals surface area (Å²) in [6, 6.07) is 17.8. The van der Waals surface area contributed by atoms with Gasteiger partial charge in [-0.1, -0.05) is 35.9 Å². The highest BCUT2D eigenvalue weighted by atomic mass is 35.5. The maximum absolute atomic E-state index is 9.24. The Kier molecular flexibility index (Phi) is 3.10. The van der Waals surface area contributed by atoms with E-state index in [1.54, 1.807) is 0 Å². The second kappa shape index (κ2) is 5.13. The van der Waals surface area contributed by atoms with Crippen LogP contribution in [0.3, 0.4) is 0 Å². The fourth-order valence-corrected chi connectivity index (χ4v) is 2.95. The van der Waals surface area contributed by atoms with E-state index in [2.05, 4.69) is 9.97 Å². The summed E-state index contributed by atoms with van der Waals surface area (Å²) in [5, 5.41) is 11.8. The Hall–Kier alpha value is -2.36. The average molecular weight is 309 g/mol. The molecule has 0 aliphatic carbocycles. The number of halogens is 1. The maximum atomic E-state index is 9.24. The highest BCUT2D eigenvalue weighted by molar-refractivity contribution is 6.32. The first-order valence-corrected chi connectivity index (χ1v) is 7.40. The van der Waals surface area contributed by atoms with Crippen molar-refractivity contribution < 1.29 is 5.11 Å². The molecule has 0 unspecified atom stereocenters. The van der Waals surface area contributed by atoms with Gasteiger partial charge in [-0.25, -0.2) is 4.98 Å². The van der Waals surface area contributed by atoms with E-state index in [0.29, 0.717) is 5.15 Å². The number of hydrogen-bond acceptors (Lipinski definition) is 2. The number of H-pyrrole nitrogens is 1.